The van der Waals surface area contributed by atoms with Crippen LogP contribution in [0.25, 0.3) is 0 Å². The quantitative estimate of drug-likeness (QED) is 0.808. The molecule has 4 amide bonds. The number of hydrogen-bond acceptors (Lipinski definition) is 4. The van der Waals surface area contributed by atoms with Crippen molar-refractivity contribution in [3.05, 3.63) is 35.9 Å². The maximum atomic E-state index is 12.7. The van der Waals surface area contributed by atoms with Gasteiger partial charge in [-0.3, -0.25) is 29.0 Å². The van der Waals surface area contributed by atoms with E-state index in [0.29, 0.717) is 0 Å². The fourth-order valence-electron chi connectivity index (χ4n) is 2.86. The highest BCUT2D eigenvalue weighted by Crippen LogP contribution is 2.28. The van der Waals surface area contributed by atoms with Gasteiger partial charge >= 0.3 is 0 Å². The number of piperazine rings is 1. The third-order valence-electron chi connectivity index (χ3n) is 3.83. The van der Waals surface area contributed by atoms with Gasteiger partial charge in [0.05, 0.1) is 0 Å². The van der Waals surface area contributed by atoms with Crippen molar-refractivity contribution in [1.29, 1.82) is 0 Å². The van der Waals surface area contributed by atoms with E-state index in [1.807, 2.05) is 30.3 Å². The zero-order valence-corrected chi connectivity index (χ0v) is 12.8. The molecule has 22 heavy (non-hydrogen) atoms. The second-order valence-corrected chi connectivity index (χ2v) is 5.59. The van der Waals surface area contributed by atoms with E-state index < -0.39 is 35.7 Å². The van der Waals surface area contributed by atoms with E-state index in [2.05, 4.69) is 0 Å². The van der Waals surface area contributed by atoms with Gasteiger partial charge in [-0.1, -0.05) is 30.3 Å². The Balaban J connectivity index is 2.48. The highest BCUT2D eigenvalue weighted by molar-refractivity contribution is 6.11. The summed E-state index contributed by atoms with van der Waals surface area (Å²) in [5.41, 5.74) is -0.587. The lowest BCUT2D eigenvalue weighted by Crippen LogP contribution is -2.69. The lowest BCUT2D eigenvalue weighted by Gasteiger charge is -2.45. The van der Waals surface area contributed by atoms with Crippen molar-refractivity contribution in [2.24, 2.45) is 0 Å². The third-order valence-corrected chi connectivity index (χ3v) is 3.83. The Labute approximate surface area is 128 Å². The zero-order chi connectivity index (χ0) is 16.5. The van der Waals surface area contributed by atoms with Crippen molar-refractivity contribution in [3.8, 4) is 0 Å². The van der Waals surface area contributed by atoms with E-state index in [1.165, 1.54) is 20.8 Å². The van der Waals surface area contributed by atoms with Crippen LogP contribution in [0.2, 0.25) is 0 Å². The molecule has 1 aromatic rings. The molecule has 6 heteroatoms. The smallest absolute Gasteiger partial charge is 0.256 e. The predicted molar refractivity (Wildman–Crippen MR) is 78.5 cm³/mol. The van der Waals surface area contributed by atoms with Crippen LogP contribution in [-0.2, 0) is 25.6 Å². The van der Waals surface area contributed by atoms with Crippen LogP contribution in [0.4, 0.5) is 0 Å². The summed E-state index contributed by atoms with van der Waals surface area (Å²) in [6.07, 6.45) is 0.168. The molecule has 0 aromatic heterocycles. The predicted octanol–water partition coefficient (Wildman–Crippen LogP) is 0.752. The van der Waals surface area contributed by atoms with Crippen LogP contribution >= 0.6 is 0 Å². The molecular formula is C16H18N2O4. The van der Waals surface area contributed by atoms with Gasteiger partial charge in [-0.05, 0) is 12.5 Å². The van der Waals surface area contributed by atoms with Crippen LogP contribution in [0, 0.1) is 0 Å². The Morgan fingerprint density at radius 1 is 1.09 bits per heavy atom. The molecule has 116 valence electrons. The van der Waals surface area contributed by atoms with Crippen LogP contribution in [0.3, 0.4) is 0 Å². The van der Waals surface area contributed by atoms with Gasteiger partial charge < -0.3 is 0 Å². The number of benzene rings is 1. The van der Waals surface area contributed by atoms with Crippen molar-refractivity contribution >= 4 is 23.6 Å². The highest BCUT2D eigenvalue weighted by atomic mass is 16.2. The normalized spacial score (nSPS) is 22.0. The van der Waals surface area contributed by atoms with Crippen LogP contribution in [0.15, 0.2) is 30.3 Å². The molecule has 0 saturated carbocycles. The van der Waals surface area contributed by atoms with Crippen molar-refractivity contribution < 1.29 is 19.2 Å². The van der Waals surface area contributed by atoms with Gasteiger partial charge in [0, 0.05) is 20.3 Å². The molecule has 1 atom stereocenters. The minimum absolute atomic E-state index is 0.168. The molecule has 1 saturated heterocycles. The first-order valence-corrected chi connectivity index (χ1v) is 6.97. The SMILES string of the molecule is CC(=O)N1CC(=O)N(C(C)=O)C(C)(Cc2ccccc2)C1=O. The number of rotatable bonds is 2. The molecule has 1 unspecified atom stereocenters. The fourth-order valence-corrected chi connectivity index (χ4v) is 2.86. The van der Waals surface area contributed by atoms with Crippen LogP contribution in [0.1, 0.15) is 26.3 Å². The molecule has 0 aliphatic carbocycles. The molecule has 2 rings (SSSR count). The fraction of sp³-hybridized carbons (Fsp3) is 0.375. The number of hydrogen-bond donors (Lipinski definition) is 0. The summed E-state index contributed by atoms with van der Waals surface area (Å²) in [6, 6.07) is 9.09. The standard InChI is InChI=1S/C16H18N2O4/c1-11(19)17-10-14(21)18(12(2)20)16(3,15(17)22)9-13-7-5-4-6-8-13/h4-8H,9-10H2,1-3H3. The number of carbonyl (C=O) groups is 4. The summed E-state index contributed by atoms with van der Waals surface area (Å²) in [7, 11) is 0. The Bertz CT molecular complexity index is 641. The number of carbonyl (C=O) groups excluding carboxylic acids is 4. The van der Waals surface area contributed by atoms with E-state index in [0.717, 1.165) is 15.4 Å². The average Bonchev–Trinajstić information content (AvgIpc) is 2.43. The Kier molecular flexibility index (Phi) is 4.12. The van der Waals surface area contributed by atoms with Gasteiger partial charge in [0.15, 0.2) is 0 Å². The first kappa shape index (κ1) is 15.9. The van der Waals surface area contributed by atoms with Gasteiger partial charge in [0.1, 0.15) is 12.1 Å². The summed E-state index contributed by atoms with van der Waals surface area (Å²) < 4.78 is 0. The molecule has 1 aromatic carbocycles. The lowest BCUT2D eigenvalue weighted by atomic mass is 9.87. The molecule has 1 heterocycles. The summed E-state index contributed by atoms with van der Waals surface area (Å²) in [4.78, 5) is 50.4. The summed E-state index contributed by atoms with van der Waals surface area (Å²) >= 11 is 0. The minimum Gasteiger partial charge on any atom is -0.275 e. The lowest BCUT2D eigenvalue weighted by molar-refractivity contribution is -0.172. The molecule has 0 N–H and O–H groups in total. The van der Waals surface area contributed by atoms with Gasteiger partial charge in [0.25, 0.3) is 5.91 Å². The molecule has 0 spiro atoms. The largest absolute Gasteiger partial charge is 0.275 e. The molecule has 1 aliphatic heterocycles. The summed E-state index contributed by atoms with van der Waals surface area (Å²) in [5, 5.41) is 0. The number of amides is 4. The van der Waals surface area contributed by atoms with Gasteiger partial charge in [0.2, 0.25) is 17.7 Å². The second-order valence-electron chi connectivity index (χ2n) is 5.59. The van der Waals surface area contributed by atoms with Gasteiger partial charge in [-0.25, -0.2) is 0 Å². The summed E-state index contributed by atoms with van der Waals surface area (Å²) in [6.45, 7) is 3.62. The molecular weight excluding hydrogens is 284 g/mol. The van der Waals surface area contributed by atoms with E-state index in [1.54, 1.807) is 0 Å². The van der Waals surface area contributed by atoms with Crippen LogP contribution < -0.4 is 0 Å². The Morgan fingerprint density at radius 2 is 1.68 bits per heavy atom. The Morgan fingerprint density at radius 3 is 2.18 bits per heavy atom. The topological polar surface area (TPSA) is 74.8 Å². The third kappa shape index (κ3) is 2.64. The monoisotopic (exact) mass is 302 g/mol. The second kappa shape index (κ2) is 5.71. The zero-order valence-electron chi connectivity index (χ0n) is 12.8. The molecule has 6 nitrogen and oxygen atoms in total. The van der Waals surface area contributed by atoms with Crippen LogP contribution in [0.5, 0.6) is 0 Å². The van der Waals surface area contributed by atoms with E-state index >= 15 is 0 Å². The van der Waals surface area contributed by atoms with E-state index in [-0.39, 0.29) is 6.42 Å². The van der Waals surface area contributed by atoms with Gasteiger partial charge in [-0.15, -0.1) is 0 Å². The maximum Gasteiger partial charge on any atom is 0.256 e. The molecule has 1 aliphatic rings. The minimum atomic E-state index is -1.39. The first-order chi connectivity index (χ1) is 10.3. The van der Waals surface area contributed by atoms with E-state index in [4.69, 9.17) is 0 Å². The van der Waals surface area contributed by atoms with Crippen molar-refractivity contribution in [2.45, 2.75) is 32.7 Å². The molecule has 0 bridgehead atoms. The van der Waals surface area contributed by atoms with Crippen molar-refractivity contribution in [1.82, 2.24) is 9.80 Å². The average molecular weight is 302 g/mol. The molecule has 1 fully saturated rings. The highest BCUT2D eigenvalue weighted by Gasteiger charge is 2.52. The van der Waals surface area contributed by atoms with Crippen molar-refractivity contribution in [2.75, 3.05) is 6.54 Å². The van der Waals surface area contributed by atoms with Crippen LogP contribution in [-0.4, -0.2) is 45.5 Å². The number of imide groups is 2. The van der Waals surface area contributed by atoms with Gasteiger partial charge in [-0.2, -0.15) is 0 Å². The summed E-state index contributed by atoms with van der Waals surface area (Å²) in [5.74, 6) is -2.07. The maximum absolute atomic E-state index is 12.7. The first-order valence-electron chi connectivity index (χ1n) is 6.97. The number of nitrogens with zero attached hydrogens (tertiary/aromatic N) is 2. The molecule has 0 radical (unpaired) electrons. The Hall–Kier alpha value is -2.50. The van der Waals surface area contributed by atoms with Crippen molar-refractivity contribution in [3.63, 3.8) is 0 Å². The van der Waals surface area contributed by atoms with E-state index in [9.17, 15) is 19.2 Å².